The number of aryl methyl sites for hydroxylation is 1. The van der Waals surface area contributed by atoms with Gasteiger partial charge in [0.1, 0.15) is 18.5 Å². The molecule has 0 aromatic heterocycles. The van der Waals surface area contributed by atoms with E-state index in [4.69, 9.17) is 14.6 Å². The van der Waals surface area contributed by atoms with Gasteiger partial charge in [-0.25, -0.2) is 22.0 Å². The smallest absolute Gasteiger partial charge is 0.243 e. The highest BCUT2D eigenvalue weighted by atomic mass is 79.9. The lowest BCUT2D eigenvalue weighted by molar-refractivity contribution is -0.0312. The summed E-state index contributed by atoms with van der Waals surface area (Å²) in [5, 5.41) is 18.8. The van der Waals surface area contributed by atoms with Gasteiger partial charge in [0.2, 0.25) is 20.0 Å². The Bertz CT molecular complexity index is 1330. The molecule has 0 saturated carbocycles. The van der Waals surface area contributed by atoms with Crippen LogP contribution in [0.2, 0.25) is 0 Å². The van der Waals surface area contributed by atoms with E-state index < -0.39 is 26.2 Å². The quantitative estimate of drug-likeness (QED) is 0.385. The molecule has 2 saturated heterocycles. The van der Waals surface area contributed by atoms with Gasteiger partial charge in [0.05, 0.1) is 22.0 Å². The first kappa shape index (κ1) is 28.4. The number of benzene rings is 2. The molecule has 2 aromatic carbocycles. The summed E-state index contributed by atoms with van der Waals surface area (Å²) in [4.78, 5) is 0.237. The molecule has 0 amide bonds. The first-order valence-electron chi connectivity index (χ1n) is 12.0. The van der Waals surface area contributed by atoms with Crippen molar-refractivity contribution in [2.45, 2.75) is 53.7 Å². The Morgan fingerprint density at radius 2 is 1.92 bits per heavy atom. The lowest BCUT2D eigenvalue weighted by Gasteiger charge is -2.38. The zero-order chi connectivity index (χ0) is 26.8. The van der Waals surface area contributed by atoms with Gasteiger partial charge in [0, 0.05) is 36.2 Å². The summed E-state index contributed by atoms with van der Waals surface area (Å²) >= 11 is 3.41. The Hall–Kier alpha value is -1.58. The molecule has 0 bridgehead atoms. The highest BCUT2D eigenvalue weighted by Gasteiger charge is 2.44. The fourth-order valence-corrected chi connectivity index (χ4v) is 7.00. The maximum absolute atomic E-state index is 13.1. The maximum atomic E-state index is 13.1. The van der Waals surface area contributed by atoms with Crippen LogP contribution in [0.1, 0.15) is 24.8 Å². The van der Waals surface area contributed by atoms with Crippen molar-refractivity contribution in [3.8, 4) is 5.75 Å². The number of halogens is 1. The normalized spacial score (nSPS) is 21.2. The molecule has 0 radical (unpaired) electrons. The largest absolute Gasteiger partial charge is 0.491 e. The number of aliphatic hydroxyl groups excluding tert-OH is 1. The van der Waals surface area contributed by atoms with Crippen LogP contribution in [0.3, 0.4) is 0 Å². The van der Waals surface area contributed by atoms with E-state index in [1.807, 2.05) is 6.92 Å². The number of nitrogens with zero attached hydrogens (tertiary/aromatic N) is 1. The number of hydrogen-bond donors (Lipinski definition) is 3. The average molecular weight is 619 g/mol. The van der Waals surface area contributed by atoms with Gasteiger partial charge in [0.25, 0.3) is 0 Å². The molecule has 2 fully saturated rings. The van der Waals surface area contributed by atoms with Gasteiger partial charge in [-0.15, -0.1) is 0 Å². The SMILES string of the molecule is Cc1cc(S(=O)(=O)N2CCC3(CC2)C[C@@H](NCC(O)COc2cccc(S(N)(=O)=O)c2)CO3)ccc1Br. The number of nitrogens with one attached hydrogen (secondary N) is 1. The van der Waals surface area contributed by atoms with Gasteiger partial charge in [-0.3, -0.25) is 0 Å². The molecule has 2 heterocycles. The second kappa shape index (κ2) is 11.3. The summed E-state index contributed by atoms with van der Waals surface area (Å²) < 4.78 is 63.2. The number of aliphatic hydroxyl groups is 1. The molecular formula is C24H32BrN3O7S2. The molecule has 2 aromatic rings. The fraction of sp³-hybridized carbons (Fsp3) is 0.500. The number of hydrogen-bond acceptors (Lipinski definition) is 8. The van der Waals surface area contributed by atoms with E-state index in [9.17, 15) is 21.9 Å². The summed E-state index contributed by atoms with van der Waals surface area (Å²) in [6, 6.07) is 10.9. The van der Waals surface area contributed by atoms with Crippen molar-refractivity contribution in [3.05, 3.63) is 52.5 Å². The third kappa shape index (κ3) is 6.90. The second-order valence-electron chi connectivity index (χ2n) is 9.60. The Labute approximate surface area is 226 Å². The molecule has 4 N–H and O–H groups in total. The molecule has 2 aliphatic rings. The van der Waals surface area contributed by atoms with Crippen LogP contribution in [-0.2, 0) is 24.8 Å². The van der Waals surface area contributed by atoms with Crippen LogP contribution < -0.4 is 15.2 Å². The molecular weight excluding hydrogens is 586 g/mol. The lowest BCUT2D eigenvalue weighted by Crippen LogP contribution is -2.47. The van der Waals surface area contributed by atoms with Crippen molar-refractivity contribution in [1.82, 2.24) is 9.62 Å². The number of sulfonamides is 2. The van der Waals surface area contributed by atoms with E-state index in [0.717, 1.165) is 16.5 Å². The second-order valence-corrected chi connectivity index (χ2v) is 14.0. The van der Waals surface area contributed by atoms with E-state index in [2.05, 4.69) is 21.2 Å². The minimum Gasteiger partial charge on any atom is -0.491 e. The third-order valence-electron chi connectivity index (χ3n) is 6.83. The first-order chi connectivity index (χ1) is 17.4. The predicted octanol–water partition coefficient (Wildman–Crippen LogP) is 1.75. The maximum Gasteiger partial charge on any atom is 0.243 e. The standard InChI is InChI=1S/C24H32BrN3O7S2/c1-17-11-22(5-6-23(17)25)37(32,33)28-9-7-24(8-10-28)13-18(15-35-24)27-14-19(29)16-34-20-3-2-4-21(12-20)36(26,30)31/h2-6,11-12,18-19,27,29H,7-10,13-16H2,1H3,(H2,26,30,31)/t18-,19?/m1/s1. The van der Waals surface area contributed by atoms with Crippen molar-refractivity contribution < 1.29 is 31.4 Å². The van der Waals surface area contributed by atoms with Crippen LogP contribution in [0.25, 0.3) is 0 Å². The lowest BCUT2D eigenvalue weighted by atomic mass is 9.88. The average Bonchev–Trinajstić information content (AvgIpc) is 3.25. The minimum absolute atomic E-state index is 0.0256. The summed E-state index contributed by atoms with van der Waals surface area (Å²) in [6.07, 6.45) is 1.11. The van der Waals surface area contributed by atoms with E-state index >= 15 is 0 Å². The summed E-state index contributed by atoms with van der Waals surface area (Å²) in [6.45, 7) is 3.35. The van der Waals surface area contributed by atoms with E-state index in [1.165, 1.54) is 22.5 Å². The molecule has 10 nitrogen and oxygen atoms in total. The van der Waals surface area contributed by atoms with Crippen LogP contribution in [0.5, 0.6) is 5.75 Å². The monoisotopic (exact) mass is 617 g/mol. The summed E-state index contributed by atoms with van der Waals surface area (Å²) in [5.74, 6) is 0.300. The highest BCUT2D eigenvalue weighted by molar-refractivity contribution is 9.10. The molecule has 2 aliphatic heterocycles. The van der Waals surface area contributed by atoms with Gasteiger partial charge in [-0.05, 0) is 62.1 Å². The van der Waals surface area contributed by atoms with Crippen molar-refractivity contribution >= 4 is 36.0 Å². The Morgan fingerprint density at radius 3 is 2.59 bits per heavy atom. The zero-order valence-electron chi connectivity index (χ0n) is 20.5. The minimum atomic E-state index is -3.84. The molecule has 2 atom stereocenters. The summed E-state index contributed by atoms with van der Waals surface area (Å²) in [7, 11) is -7.40. The highest BCUT2D eigenvalue weighted by Crippen LogP contribution is 2.37. The molecule has 204 valence electrons. The number of piperidine rings is 1. The van der Waals surface area contributed by atoms with Crippen LogP contribution in [0.4, 0.5) is 0 Å². The van der Waals surface area contributed by atoms with E-state index in [0.29, 0.717) is 43.2 Å². The molecule has 4 rings (SSSR count). The van der Waals surface area contributed by atoms with Gasteiger partial charge >= 0.3 is 0 Å². The van der Waals surface area contributed by atoms with Gasteiger partial charge in [-0.1, -0.05) is 22.0 Å². The third-order valence-corrected chi connectivity index (χ3v) is 10.5. The van der Waals surface area contributed by atoms with Crippen LogP contribution >= 0.6 is 15.9 Å². The number of rotatable bonds is 9. The van der Waals surface area contributed by atoms with E-state index in [1.54, 1.807) is 24.3 Å². The predicted molar refractivity (Wildman–Crippen MR) is 141 cm³/mol. The van der Waals surface area contributed by atoms with Crippen LogP contribution in [0, 0.1) is 6.92 Å². The topological polar surface area (TPSA) is 148 Å². The van der Waals surface area contributed by atoms with Crippen LogP contribution in [0.15, 0.2) is 56.7 Å². The number of nitrogens with two attached hydrogens (primary N) is 1. The molecule has 1 spiro atoms. The van der Waals surface area contributed by atoms with Crippen molar-refractivity contribution in [2.75, 3.05) is 32.8 Å². The van der Waals surface area contributed by atoms with Crippen LogP contribution in [-0.4, -0.2) is 76.8 Å². The van der Waals surface area contributed by atoms with Gasteiger partial charge < -0.3 is 19.9 Å². The van der Waals surface area contributed by atoms with Crippen molar-refractivity contribution in [1.29, 1.82) is 0 Å². The number of ether oxygens (including phenoxy) is 2. The van der Waals surface area contributed by atoms with Gasteiger partial charge in [-0.2, -0.15) is 4.31 Å². The van der Waals surface area contributed by atoms with Gasteiger partial charge in [0.15, 0.2) is 0 Å². The van der Waals surface area contributed by atoms with Crippen molar-refractivity contribution in [2.24, 2.45) is 5.14 Å². The zero-order valence-corrected chi connectivity index (χ0v) is 23.7. The molecule has 0 aliphatic carbocycles. The first-order valence-corrected chi connectivity index (χ1v) is 15.7. The van der Waals surface area contributed by atoms with E-state index in [-0.39, 0.29) is 29.7 Å². The molecule has 1 unspecified atom stereocenters. The number of primary sulfonamides is 1. The Morgan fingerprint density at radius 1 is 1.19 bits per heavy atom. The fourth-order valence-electron chi connectivity index (χ4n) is 4.68. The molecule has 13 heteroatoms. The Kier molecular flexibility index (Phi) is 8.65. The Balaban J connectivity index is 1.23. The summed E-state index contributed by atoms with van der Waals surface area (Å²) in [5.41, 5.74) is 0.488. The van der Waals surface area contributed by atoms with Crippen molar-refractivity contribution in [3.63, 3.8) is 0 Å². The molecule has 37 heavy (non-hydrogen) atoms.